The molecular weight excluding hydrogens is 222 g/mol. The van der Waals surface area contributed by atoms with E-state index in [2.05, 4.69) is 53.3 Å². The van der Waals surface area contributed by atoms with Gasteiger partial charge in [-0.2, -0.15) is 0 Å². The Labute approximate surface area is 108 Å². The second kappa shape index (κ2) is 4.75. The Bertz CT molecular complexity index is 538. The zero-order valence-electron chi connectivity index (χ0n) is 11.2. The molecule has 0 radical (unpaired) electrons. The average molecular weight is 243 g/mol. The molecule has 1 aromatic carbocycles. The molecule has 2 N–H and O–H groups in total. The summed E-state index contributed by atoms with van der Waals surface area (Å²) in [5.74, 6) is 0. The van der Waals surface area contributed by atoms with Crippen LogP contribution in [0.25, 0.3) is 10.9 Å². The van der Waals surface area contributed by atoms with Crippen LogP contribution in [0, 0.1) is 6.92 Å². The van der Waals surface area contributed by atoms with Gasteiger partial charge in [-0.1, -0.05) is 18.2 Å². The molecule has 1 atom stereocenters. The van der Waals surface area contributed by atoms with Gasteiger partial charge >= 0.3 is 0 Å². The van der Waals surface area contributed by atoms with Crippen molar-refractivity contribution in [3.63, 3.8) is 0 Å². The molecule has 1 aromatic heterocycles. The van der Waals surface area contributed by atoms with Crippen LogP contribution in [0.2, 0.25) is 0 Å². The van der Waals surface area contributed by atoms with E-state index in [0.29, 0.717) is 6.04 Å². The van der Waals surface area contributed by atoms with Crippen LogP contribution in [-0.2, 0) is 0 Å². The predicted octanol–water partition coefficient (Wildman–Crippen LogP) is 2.44. The number of nitrogens with one attached hydrogen (secondary N) is 2. The van der Waals surface area contributed by atoms with E-state index < -0.39 is 0 Å². The minimum atomic E-state index is 0.489. The van der Waals surface area contributed by atoms with E-state index in [1.54, 1.807) is 0 Å². The summed E-state index contributed by atoms with van der Waals surface area (Å²) >= 11 is 0. The number of hydrogen-bond donors (Lipinski definition) is 2. The first kappa shape index (κ1) is 11.8. The van der Waals surface area contributed by atoms with Gasteiger partial charge in [-0.05, 0) is 25.5 Å². The largest absolute Gasteiger partial charge is 0.358 e. The summed E-state index contributed by atoms with van der Waals surface area (Å²) in [4.78, 5) is 6.07. The van der Waals surface area contributed by atoms with Crippen LogP contribution in [0.4, 0.5) is 0 Å². The van der Waals surface area contributed by atoms with E-state index in [1.165, 1.54) is 22.2 Å². The number of aromatic amines is 1. The highest BCUT2D eigenvalue weighted by Crippen LogP contribution is 2.31. The van der Waals surface area contributed by atoms with Gasteiger partial charge in [0.25, 0.3) is 0 Å². The van der Waals surface area contributed by atoms with Crippen LogP contribution < -0.4 is 5.32 Å². The minimum Gasteiger partial charge on any atom is -0.358 e. The first-order chi connectivity index (χ1) is 8.77. The van der Waals surface area contributed by atoms with E-state index in [9.17, 15) is 0 Å². The number of H-pyrrole nitrogens is 1. The first-order valence-electron chi connectivity index (χ1n) is 6.79. The number of hydrogen-bond acceptors (Lipinski definition) is 2. The molecule has 2 heterocycles. The van der Waals surface area contributed by atoms with E-state index in [4.69, 9.17) is 0 Å². The lowest BCUT2D eigenvalue weighted by atomic mass is 10.0. The summed E-state index contributed by atoms with van der Waals surface area (Å²) in [6.45, 7) is 9.00. The molecule has 1 aliphatic rings. The Balaban J connectivity index is 1.99. The van der Waals surface area contributed by atoms with Crippen molar-refractivity contribution in [3.8, 4) is 0 Å². The van der Waals surface area contributed by atoms with Crippen LogP contribution in [-0.4, -0.2) is 36.1 Å². The monoisotopic (exact) mass is 243 g/mol. The molecule has 0 spiro atoms. The zero-order valence-corrected chi connectivity index (χ0v) is 11.2. The standard InChI is InChI=1S/C15H21N3/c1-11-15(12(2)18-9-7-16-8-10-18)13-5-3-4-6-14(13)17-11/h3-6,12,16-17H,7-10H2,1-2H3/t12-/m1/s1. The number of fused-ring (bicyclic) bond motifs is 1. The van der Waals surface area contributed by atoms with Crippen LogP contribution in [0.3, 0.4) is 0 Å². The fourth-order valence-corrected chi connectivity index (χ4v) is 3.09. The molecule has 1 aliphatic heterocycles. The molecule has 0 unspecified atom stereocenters. The summed E-state index contributed by atoms with van der Waals surface area (Å²) in [7, 11) is 0. The number of nitrogens with zero attached hydrogens (tertiary/aromatic N) is 1. The molecule has 0 bridgehead atoms. The summed E-state index contributed by atoms with van der Waals surface area (Å²) in [6.07, 6.45) is 0. The lowest BCUT2D eigenvalue weighted by Gasteiger charge is -2.33. The third-order valence-corrected chi connectivity index (χ3v) is 4.06. The highest BCUT2D eigenvalue weighted by atomic mass is 15.2. The van der Waals surface area contributed by atoms with E-state index >= 15 is 0 Å². The molecule has 3 rings (SSSR count). The normalized spacial score (nSPS) is 19.2. The van der Waals surface area contributed by atoms with Crippen molar-refractivity contribution < 1.29 is 0 Å². The Kier molecular flexibility index (Phi) is 3.10. The number of piperazine rings is 1. The molecule has 0 aliphatic carbocycles. The van der Waals surface area contributed by atoms with Crippen molar-refractivity contribution in [2.24, 2.45) is 0 Å². The third kappa shape index (κ3) is 1.93. The highest BCUT2D eigenvalue weighted by molar-refractivity contribution is 5.85. The fraction of sp³-hybridized carbons (Fsp3) is 0.467. The summed E-state index contributed by atoms with van der Waals surface area (Å²) in [5.41, 5.74) is 4.03. The number of aromatic nitrogens is 1. The maximum atomic E-state index is 3.50. The maximum Gasteiger partial charge on any atom is 0.0459 e. The Morgan fingerprint density at radius 1 is 1.17 bits per heavy atom. The van der Waals surface area contributed by atoms with E-state index in [0.717, 1.165) is 26.2 Å². The number of aryl methyl sites for hydroxylation is 1. The van der Waals surface area contributed by atoms with E-state index in [-0.39, 0.29) is 0 Å². The predicted molar refractivity (Wildman–Crippen MR) is 75.9 cm³/mol. The van der Waals surface area contributed by atoms with Crippen LogP contribution in [0.15, 0.2) is 24.3 Å². The zero-order chi connectivity index (χ0) is 12.5. The number of para-hydroxylation sites is 1. The molecular formula is C15H21N3. The van der Waals surface area contributed by atoms with Gasteiger partial charge in [-0.3, -0.25) is 4.90 Å². The van der Waals surface area contributed by atoms with Crippen LogP contribution in [0.1, 0.15) is 24.2 Å². The van der Waals surface area contributed by atoms with Crippen LogP contribution >= 0.6 is 0 Å². The average Bonchev–Trinajstić information content (AvgIpc) is 2.75. The number of benzene rings is 1. The first-order valence-corrected chi connectivity index (χ1v) is 6.79. The smallest absolute Gasteiger partial charge is 0.0459 e. The summed E-state index contributed by atoms with van der Waals surface area (Å²) < 4.78 is 0. The molecule has 3 nitrogen and oxygen atoms in total. The molecule has 0 saturated carbocycles. The molecule has 1 fully saturated rings. The molecule has 18 heavy (non-hydrogen) atoms. The lowest BCUT2D eigenvalue weighted by molar-refractivity contribution is 0.186. The van der Waals surface area contributed by atoms with Gasteiger partial charge in [0.05, 0.1) is 0 Å². The Morgan fingerprint density at radius 3 is 2.67 bits per heavy atom. The Morgan fingerprint density at radius 2 is 1.89 bits per heavy atom. The Hall–Kier alpha value is -1.32. The van der Waals surface area contributed by atoms with Gasteiger partial charge in [0.1, 0.15) is 0 Å². The van der Waals surface area contributed by atoms with Crippen molar-refractivity contribution in [2.75, 3.05) is 26.2 Å². The van der Waals surface area contributed by atoms with Gasteiger partial charge in [-0.25, -0.2) is 0 Å². The van der Waals surface area contributed by atoms with Gasteiger partial charge in [0.2, 0.25) is 0 Å². The van der Waals surface area contributed by atoms with E-state index in [1.807, 2.05) is 0 Å². The molecule has 3 heteroatoms. The SMILES string of the molecule is Cc1[nH]c2ccccc2c1[C@@H](C)N1CCNCC1. The molecule has 96 valence electrons. The van der Waals surface area contributed by atoms with Gasteiger partial charge in [0.15, 0.2) is 0 Å². The quantitative estimate of drug-likeness (QED) is 0.849. The van der Waals surface area contributed by atoms with Crippen molar-refractivity contribution in [2.45, 2.75) is 19.9 Å². The van der Waals surface area contributed by atoms with Gasteiger partial charge in [-0.15, -0.1) is 0 Å². The second-order valence-electron chi connectivity index (χ2n) is 5.17. The summed E-state index contributed by atoms with van der Waals surface area (Å²) in [5, 5.41) is 4.79. The lowest BCUT2D eigenvalue weighted by Crippen LogP contribution is -2.44. The van der Waals surface area contributed by atoms with Crippen LogP contribution in [0.5, 0.6) is 0 Å². The minimum absolute atomic E-state index is 0.489. The summed E-state index contributed by atoms with van der Waals surface area (Å²) in [6, 6.07) is 9.10. The number of rotatable bonds is 2. The second-order valence-corrected chi connectivity index (χ2v) is 5.17. The maximum absolute atomic E-state index is 3.50. The van der Waals surface area contributed by atoms with Crippen molar-refractivity contribution in [1.82, 2.24) is 15.2 Å². The molecule has 0 amide bonds. The third-order valence-electron chi connectivity index (χ3n) is 4.06. The van der Waals surface area contributed by atoms with Gasteiger partial charge < -0.3 is 10.3 Å². The van der Waals surface area contributed by atoms with Gasteiger partial charge in [0, 0.05) is 48.8 Å². The molecule has 1 saturated heterocycles. The molecule has 2 aromatic rings. The highest BCUT2D eigenvalue weighted by Gasteiger charge is 2.22. The van der Waals surface area contributed by atoms with Crippen molar-refractivity contribution in [3.05, 3.63) is 35.5 Å². The topological polar surface area (TPSA) is 31.1 Å². The van der Waals surface area contributed by atoms with Crippen molar-refractivity contribution in [1.29, 1.82) is 0 Å². The fourth-order valence-electron chi connectivity index (χ4n) is 3.09. The van der Waals surface area contributed by atoms with Crippen molar-refractivity contribution >= 4 is 10.9 Å².